The summed E-state index contributed by atoms with van der Waals surface area (Å²) in [5.74, 6) is -1.17. The van der Waals surface area contributed by atoms with Gasteiger partial charge >= 0.3 is 5.97 Å². The normalized spacial score (nSPS) is 16.7. The van der Waals surface area contributed by atoms with E-state index in [1.807, 2.05) is 27.7 Å². The summed E-state index contributed by atoms with van der Waals surface area (Å²) < 4.78 is 16.6. The van der Waals surface area contributed by atoms with Gasteiger partial charge in [0.1, 0.15) is 23.0 Å². The molecular formula is C29H36N2O7. The Balaban J connectivity index is 2.18. The maximum atomic E-state index is 13.4. The maximum Gasteiger partial charge on any atom is 0.308 e. The van der Waals surface area contributed by atoms with Gasteiger partial charge in [-0.15, -0.1) is 0 Å². The number of ketones is 1. The lowest BCUT2D eigenvalue weighted by atomic mass is 9.94. The Bertz CT molecular complexity index is 1200. The average molecular weight is 525 g/mol. The molecule has 9 nitrogen and oxygen atoms in total. The number of esters is 1. The zero-order valence-corrected chi connectivity index (χ0v) is 22.7. The SMILES string of the molecule is CCOc1ccc(/C(O)=C2\C(=O)C(=O)N(CCN(CC)CC)C2c2cccc(OC(C)=O)c2)c(OCC)c1. The summed E-state index contributed by atoms with van der Waals surface area (Å²) in [5, 5.41) is 11.5. The van der Waals surface area contributed by atoms with Crippen LogP contribution in [0, 0.1) is 0 Å². The molecule has 38 heavy (non-hydrogen) atoms. The smallest absolute Gasteiger partial charge is 0.308 e. The number of likely N-dealkylation sites (tertiary alicyclic amines) is 1. The Morgan fingerprint density at radius 3 is 2.32 bits per heavy atom. The third-order valence-corrected chi connectivity index (χ3v) is 6.35. The lowest BCUT2D eigenvalue weighted by Gasteiger charge is -2.28. The molecule has 0 aliphatic carbocycles. The van der Waals surface area contributed by atoms with Crippen LogP contribution in [0.2, 0.25) is 0 Å². The molecule has 0 radical (unpaired) electrons. The second-order valence-corrected chi connectivity index (χ2v) is 8.71. The van der Waals surface area contributed by atoms with Crippen molar-refractivity contribution in [3.8, 4) is 17.2 Å². The first-order valence-corrected chi connectivity index (χ1v) is 12.9. The first-order valence-electron chi connectivity index (χ1n) is 12.9. The molecule has 1 amide bonds. The van der Waals surface area contributed by atoms with Crippen molar-refractivity contribution in [1.29, 1.82) is 0 Å². The monoisotopic (exact) mass is 524 g/mol. The predicted octanol–water partition coefficient (Wildman–Crippen LogP) is 4.17. The topological polar surface area (TPSA) is 106 Å². The highest BCUT2D eigenvalue weighted by Gasteiger charge is 2.46. The van der Waals surface area contributed by atoms with Crippen molar-refractivity contribution in [2.24, 2.45) is 0 Å². The molecule has 1 saturated heterocycles. The first kappa shape index (κ1) is 28.7. The number of aliphatic hydroxyl groups excluding tert-OH is 1. The Morgan fingerprint density at radius 1 is 0.974 bits per heavy atom. The number of carbonyl (C=O) groups excluding carboxylic acids is 3. The van der Waals surface area contributed by atoms with E-state index in [1.165, 1.54) is 11.8 Å². The van der Waals surface area contributed by atoms with Crippen molar-refractivity contribution < 1.29 is 33.7 Å². The first-order chi connectivity index (χ1) is 18.2. The van der Waals surface area contributed by atoms with E-state index in [-0.39, 0.29) is 29.2 Å². The summed E-state index contributed by atoms with van der Waals surface area (Å²) in [7, 11) is 0. The largest absolute Gasteiger partial charge is 0.507 e. The number of aliphatic hydroxyl groups is 1. The second kappa shape index (κ2) is 13.1. The van der Waals surface area contributed by atoms with Crippen LogP contribution in [0.4, 0.5) is 0 Å². The highest BCUT2D eigenvalue weighted by molar-refractivity contribution is 6.46. The van der Waals surface area contributed by atoms with E-state index in [9.17, 15) is 19.5 Å². The molecule has 2 aromatic rings. The van der Waals surface area contributed by atoms with E-state index < -0.39 is 23.7 Å². The van der Waals surface area contributed by atoms with Gasteiger partial charge in [0.05, 0.1) is 30.4 Å². The number of benzene rings is 2. The molecule has 2 aromatic carbocycles. The van der Waals surface area contributed by atoms with Crippen molar-refractivity contribution in [3.05, 3.63) is 59.2 Å². The number of nitrogens with zero attached hydrogens (tertiary/aromatic N) is 2. The summed E-state index contributed by atoms with van der Waals surface area (Å²) in [6.07, 6.45) is 0. The van der Waals surface area contributed by atoms with Gasteiger partial charge in [0, 0.05) is 26.1 Å². The molecule has 0 spiro atoms. The minimum absolute atomic E-state index is 0.0559. The summed E-state index contributed by atoms with van der Waals surface area (Å²) in [6.45, 7) is 12.2. The molecule has 204 valence electrons. The molecule has 1 heterocycles. The molecule has 1 N–H and O–H groups in total. The Labute approximate surface area is 223 Å². The zero-order valence-electron chi connectivity index (χ0n) is 22.7. The highest BCUT2D eigenvalue weighted by atomic mass is 16.5. The van der Waals surface area contributed by atoms with Crippen LogP contribution < -0.4 is 14.2 Å². The lowest BCUT2D eigenvalue weighted by Crippen LogP contribution is -2.38. The van der Waals surface area contributed by atoms with E-state index in [2.05, 4.69) is 4.90 Å². The molecule has 9 heteroatoms. The lowest BCUT2D eigenvalue weighted by molar-refractivity contribution is -0.140. The van der Waals surface area contributed by atoms with Crippen LogP contribution in [0.25, 0.3) is 5.76 Å². The van der Waals surface area contributed by atoms with Gasteiger partial charge in [-0.25, -0.2) is 0 Å². The molecule has 0 aromatic heterocycles. The number of amides is 1. The van der Waals surface area contributed by atoms with Crippen molar-refractivity contribution in [1.82, 2.24) is 9.80 Å². The van der Waals surface area contributed by atoms with Crippen LogP contribution in [0.1, 0.15) is 51.8 Å². The Morgan fingerprint density at radius 2 is 1.68 bits per heavy atom. The molecule has 1 aliphatic heterocycles. The van der Waals surface area contributed by atoms with Crippen LogP contribution >= 0.6 is 0 Å². The van der Waals surface area contributed by atoms with Crippen LogP contribution in [0.15, 0.2) is 48.0 Å². The van der Waals surface area contributed by atoms with E-state index in [0.29, 0.717) is 36.8 Å². The number of ether oxygens (including phenoxy) is 3. The second-order valence-electron chi connectivity index (χ2n) is 8.71. The molecule has 1 atom stereocenters. The van der Waals surface area contributed by atoms with Gasteiger partial charge < -0.3 is 29.1 Å². The fourth-order valence-electron chi connectivity index (χ4n) is 4.54. The molecule has 1 aliphatic rings. The van der Waals surface area contributed by atoms with E-state index >= 15 is 0 Å². The molecular weight excluding hydrogens is 488 g/mol. The summed E-state index contributed by atoms with van der Waals surface area (Å²) >= 11 is 0. The summed E-state index contributed by atoms with van der Waals surface area (Å²) in [6, 6.07) is 10.7. The van der Waals surface area contributed by atoms with Crippen molar-refractivity contribution >= 4 is 23.4 Å². The van der Waals surface area contributed by atoms with E-state index in [0.717, 1.165) is 13.1 Å². The molecule has 1 fully saturated rings. The van der Waals surface area contributed by atoms with Gasteiger partial charge in [-0.1, -0.05) is 26.0 Å². The van der Waals surface area contributed by atoms with Crippen LogP contribution in [0.5, 0.6) is 17.2 Å². The third-order valence-electron chi connectivity index (χ3n) is 6.35. The molecule has 0 bridgehead atoms. The van der Waals surface area contributed by atoms with Crippen molar-refractivity contribution in [2.45, 2.75) is 40.7 Å². The van der Waals surface area contributed by atoms with Crippen molar-refractivity contribution in [3.63, 3.8) is 0 Å². The zero-order chi connectivity index (χ0) is 27.8. The van der Waals surface area contributed by atoms with Crippen LogP contribution in [-0.4, -0.2) is 72.0 Å². The average Bonchev–Trinajstić information content (AvgIpc) is 3.14. The molecule has 3 rings (SSSR count). The number of likely N-dealkylation sites (N-methyl/N-ethyl adjacent to an activating group) is 1. The fraction of sp³-hybridized carbons (Fsp3) is 0.414. The van der Waals surface area contributed by atoms with Gasteiger partial charge in [-0.3, -0.25) is 14.4 Å². The number of hydrogen-bond donors (Lipinski definition) is 1. The van der Waals surface area contributed by atoms with Crippen LogP contribution in [0.3, 0.4) is 0 Å². The molecule has 0 saturated carbocycles. The number of hydrogen-bond acceptors (Lipinski definition) is 8. The standard InChI is InChI=1S/C29H36N2O7/c1-6-30(7-2)15-16-31-26(20-11-10-12-22(17-20)38-19(5)32)25(28(34)29(31)35)27(33)23-14-13-21(36-8-3)18-24(23)37-9-4/h10-14,17-18,26,33H,6-9,15-16H2,1-5H3/b27-25+. The summed E-state index contributed by atoms with van der Waals surface area (Å²) in [4.78, 5) is 41.9. The predicted molar refractivity (Wildman–Crippen MR) is 143 cm³/mol. The Hall–Kier alpha value is -3.85. The highest BCUT2D eigenvalue weighted by Crippen LogP contribution is 2.42. The number of Topliss-reactive ketones (excluding diaryl/α,β-unsaturated/α-hetero) is 1. The Kier molecular flexibility index (Phi) is 9.90. The molecule has 1 unspecified atom stereocenters. The third kappa shape index (κ3) is 6.34. The van der Waals surface area contributed by atoms with Gasteiger partial charge in [-0.05, 0) is 56.8 Å². The number of carbonyl (C=O) groups is 3. The minimum atomic E-state index is -0.887. The van der Waals surface area contributed by atoms with Crippen LogP contribution in [-0.2, 0) is 14.4 Å². The van der Waals surface area contributed by atoms with Gasteiger partial charge in [0.25, 0.3) is 11.7 Å². The van der Waals surface area contributed by atoms with E-state index in [4.69, 9.17) is 14.2 Å². The van der Waals surface area contributed by atoms with E-state index in [1.54, 1.807) is 42.5 Å². The summed E-state index contributed by atoms with van der Waals surface area (Å²) in [5.41, 5.74) is 0.755. The maximum absolute atomic E-state index is 13.4. The van der Waals surface area contributed by atoms with Gasteiger partial charge in [0.15, 0.2) is 0 Å². The quantitative estimate of drug-likeness (QED) is 0.145. The fourth-order valence-corrected chi connectivity index (χ4v) is 4.54. The van der Waals surface area contributed by atoms with Gasteiger partial charge in [-0.2, -0.15) is 0 Å². The van der Waals surface area contributed by atoms with Crippen molar-refractivity contribution in [2.75, 3.05) is 39.4 Å². The minimum Gasteiger partial charge on any atom is -0.507 e. The van der Waals surface area contributed by atoms with Gasteiger partial charge in [0.2, 0.25) is 0 Å². The number of rotatable bonds is 12.